The first-order valence-electron chi connectivity index (χ1n) is 6.48. The van der Waals surface area contributed by atoms with Gasteiger partial charge >= 0.3 is 0 Å². The summed E-state index contributed by atoms with van der Waals surface area (Å²) in [6, 6.07) is 6.44. The maximum absolute atomic E-state index is 5.61. The van der Waals surface area contributed by atoms with Crippen LogP contribution >= 0.6 is 0 Å². The average molecular weight is 247 g/mol. The first kappa shape index (κ1) is 13.0. The van der Waals surface area contributed by atoms with Crippen molar-refractivity contribution in [3.8, 4) is 11.5 Å². The molecule has 1 aliphatic rings. The number of rotatable bonds is 5. The summed E-state index contributed by atoms with van der Waals surface area (Å²) < 4.78 is 11.1. The molecule has 1 N–H and O–H groups in total. The van der Waals surface area contributed by atoms with Crippen molar-refractivity contribution in [1.82, 2.24) is 5.32 Å². The second kappa shape index (κ2) is 5.91. The Hall–Kier alpha value is -1.48. The van der Waals surface area contributed by atoms with Gasteiger partial charge in [-0.05, 0) is 37.6 Å². The maximum Gasteiger partial charge on any atom is 0.161 e. The van der Waals surface area contributed by atoms with Crippen LogP contribution in [0, 0.1) is 0 Å². The third-order valence-electron chi connectivity index (χ3n) is 3.31. The molecule has 1 aromatic rings. The van der Waals surface area contributed by atoms with E-state index in [9.17, 15) is 0 Å². The van der Waals surface area contributed by atoms with E-state index in [1.165, 1.54) is 11.1 Å². The van der Waals surface area contributed by atoms with Gasteiger partial charge in [-0.2, -0.15) is 0 Å². The van der Waals surface area contributed by atoms with E-state index in [2.05, 4.69) is 31.0 Å². The highest BCUT2D eigenvalue weighted by Crippen LogP contribution is 2.33. The Morgan fingerprint density at radius 3 is 2.72 bits per heavy atom. The van der Waals surface area contributed by atoms with Crippen molar-refractivity contribution in [2.45, 2.75) is 25.8 Å². The van der Waals surface area contributed by atoms with Crippen molar-refractivity contribution >= 4 is 0 Å². The number of fused-ring (bicyclic) bond motifs is 1. The zero-order valence-corrected chi connectivity index (χ0v) is 11.2. The summed E-state index contributed by atoms with van der Waals surface area (Å²) in [6.07, 6.45) is 1.97. The summed E-state index contributed by atoms with van der Waals surface area (Å²) in [5.41, 5.74) is 2.47. The molecule has 0 fully saturated rings. The molecule has 0 spiro atoms. The van der Waals surface area contributed by atoms with Gasteiger partial charge in [0.05, 0.1) is 0 Å². The zero-order chi connectivity index (χ0) is 13.0. The van der Waals surface area contributed by atoms with Gasteiger partial charge in [0, 0.05) is 6.04 Å². The summed E-state index contributed by atoms with van der Waals surface area (Å²) in [5, 5.41) is 3.33. The van der Waals surface area contributed by atoms with E-state index in [1.54, 1.807) is 0 Å². The monoisotopic (exact) mass is 247 g/mol. The van der Waals surface area contributed by atoms with E-state index in [-0.39, 0.29) is 6.04 Å². The molecule has 1 unspecified atom stereocenters. The van der Waals surface area contributed by atoms with Gasteiger partial charge in [-0.15, -0.1) is 0 Å². The Kier molecular flexibility index (Phi) is 4.26. The number of hydrogen-bond donors (Lipinski definition) is 1. The number of ether oxygens (including phenoxy) is 2. The lowest BCUT2D eigenvalue weighted by Crippen LogP contribution is -2.19. The highest BCUT2D eigenvalue weighted by atomic mass is 16.6. The fraction of sp³-hybridized carbons (Fsp3) is 0.467. The predicted molar refractivity (Wildman–Crippen MR) is 73.3 cm³/mol. The average Bonchev–Trinajstić information content (AvgIpc) is 2.44. The number of benzene rings is 1. The fourth-order valence-electron chi connectivity index (χ4n) is 2.10. The Bertz CT molecular complexity index is 429. The van der Waals surface area contributed by atoms with Crippen LogP contribution in [0.15, 0.2) is 30.4 Å². The molecule has 3 nitrogen and oxygen atoms in total. The molecule has 0 radical (unpaired) electrons. The third-order valence-corrected chi connectivity index (χ3v) is 3.31. The van der Waals surface area contributed by atoms with Crippen LogP contribution in [0.4, 0.5) is 0 Å². The maximum atomic E-state index is 5.61. The summed E-state index contributed by atoms with van der Waals surface area (Å²) in [5.74, 6) is 1.69. The molecule has 0 bridgehead atoms. The largest absolute Gasteiger partial charge is 0.486 e. The van der Waals surface area contributed by atoms with Crippen molar-refractivity contribution in [2.24, 2.45) is 0 Å². The second-order valence-corrected chi connectivity index (χ2v) is 4.55. The van der Waals surface area contributed by atoms with Crippen molar-refractivity contribution in [1.29, 1.82) is 0 Å². The van der Waals surface area contributed by atoms with Gasteiger partial charge in [0.15, 0.2) is 11.5 Å². The molecule has 98 valence electrons. The van der Waals surface area contributed by atoms with Gasteiger partial charge in [-0.1, -0.05) is 25.1 Å². The Balaban J connectivity index is 2.18. The van der Waals surface area contributed by atoms with Crippen LogP contribution in [-0.2, 0) is 0 Å². The Morgan fingerprint density at radius 2 is 2.06 bits per heavy atom. The third kappa shape index (κ3) is 2.85. The summed E-state index contributed by atoms with van der Waals surface area (Å²) >= 11 is 0. The zero-order valence-electron chi connectivity index (χ0n) is 11.2. The van der Waals surface area contributed by atoms with Crippen LogP contribution in [0.3, 0.4) is 0 Å². The van der Waals surface area contributed by atoms with E-state index in [1.807, 2.05) is 13.1 Å². The predicted octanol–water partition coefficient (Wildman–Crippen LogP) is 3.07. The molecule has 2 rings (SSSR count). The van der Waals surface area contributed by atoms with Crippen LogP contribution in [0.5, 0.6) is 11.5 Å². The second-order valence-electron chi connectivity index (χ2n) is 4.55. The standard InChI is InChI=1S/C15H21NO2/c1-4-11(2)9-13(16-3)12-5-6-14-15(10-12)18-8-7-17-14/h5-6,10,13,16H,2,4,7-9H2,1,3H3. The van der Waals surface area contributed by atoms with Crippen LogP contribution in [0.2, 0.25) is 0 Å². The summed E-state index contributed by atoms with van der Waals surface area (Å²) in [6.45, 7) is 7.48. The SMILES string of the molecule is C=C(CC)CC(NC)c1ccc2c(c1)OCCO2. The van der Waals surface area contributed by atoms with Crippen LogP contribution in [0.25, 0.3) is 0 Å². The van der Waals surface area contributed by atoms with Gasteiger partial charge in [0.25, 0.3) is 0 Å². The molecule has 0 saturated heterocycles. The molecule has 0 aromatic heterocycles. The molecule has 1 aromatic carbocycles. The molecule has 18 heavy (non-hydrogen) atoms. The Labute approximate surface area is 109 Å². The number of nitrogens with one attached hydrogen (secondary N) is 1. The summed E-state index contributed by atoms with van der Waals surface area (Å²) in [4.78, 5) is 0. The molecule has 1 heterocycles. The number of hydrogen-bond acceptors (Lipinski definition) is 3. The molecule has 1 atom stereocenters. The van der Waals surface area contributed by atoms with E-state index in [4.69, 9.17) is 9.47 Å². The topological polar surface area (TPSA) is 30.5 Å². The Morgan fingerprint density at radius 1 is 1.33 bits per heavy atom. The molecule has 0 aliphatic carbocycles. The van der Waals surface area contributed by atoms with Crippen molar-refractivity contribution in [2.75, 3.05) is 20.3 Å². The van der Waals surface area contributed by atoms with Gasteiger partial charge < -0.3 is 14.8 Å². The lowest BCUT2D eigenvalue weighted by molar-refractivity contribution is 0.171. The highest BCUT2D eigenvalue weighted by molar-refractivity contribution is 5.44. The van der Waals surface area contributed by atoms with Crippen molar-refractivity contribution in [3.05, 3.63) is 35.9 Å². The highest BCUT2D eigenvalue weighted by Gasteiger charge is 2.16. The van der Waals surface area contributed by atoms with E-state index in [0.29, 0.717) is 13.2 Å². The van der Waals surface area contributed by atoms with Gasteiger partial charge in [-0.3, -0.25) is 0 Å². The molecular formula is C15H21NO2. The first-order chi connectivity index (χ1) is 8.74. The van der Waals surface area contributed by atoms with Crippen LogP contribution < -0.4 is 14.8 Å². The van der Waals surface area contributed by atoms with Gasteiger partial charge in [-0.25, -0.2) is 0 Å². The first-order valence-corrected chi connectivity index (χ1v) is 6.48. The summed E-state index contributed by atoms with van der Waals surface area (Å²) in [7, 11) is 1.98. The van der Waals surface area contributed by atoms with E-state index >= 15 is 0 Å². The van der Waals surface area contributed by atoms with E-state index in [0.717, 1.165) is 24.3 Å². The van der Waals surface area contributed by atoms with Gasteiger partial charge in [0.2, 0.25) is 0 Å². The molecule has 1 aliphatic heterocycles. The van der Waals surface area contributed by atoms with Gasteiger partial charge in [0.1, 0.15) is 13.2 Å². The molecule has 3 heteroatoms. The lowest BCUT2D eigenvalue weighted by Gasteiger charge is -2.22. The molecule has 0 saturated carbocycles. The minimum absolute atomic E-state index is 0.285. The minimum Gasteiger partial charge on any atom is -0.486 e. The fourth-order valence-corrected chi connectivity index (χ4v) is 2.10. The van der Waals surface area contributed by atoms with Crippen molar-refractivity contribution < 1.29 is 9.47 Å². The van der Waals surface area contributed by atoms with Crippen molar-refractivity contribution in [3.63, 3.8) is 0 Å². The van der Waals surface area contributed by atoms with E-state index < -0.39 is 0 Å². The molecule has 0 amide bonds. The minimum atomic E-state index is 0.285. The molecular weight excluding hydrogens is 226 g/mol. The smallest absolute Gasteiger partial charge is 0.161 e. The quantitative estimate of drug-likeness (QED) is 0.811. The van der Waals surface area contributed by atoms with Crippen LogP contribution in [-0.4, -0.2) is 20.3 Å². The van der Waals surface area contributed by atoms with Crippen LogP contribution in [0.1, 0.15) is 31.4 Å². The normalized spacial score (nSPS) is 15.2. The lowest BCUT2D eigenvalue weighted by atomic mass is 9.98.